The predicted molar refractivity (Wildman–Crippen MR) is 88.8 cm³/mol. The molecule has 3 nitrogen and oxygen atoms in total. The van der Waals surface area contributed by atoms with Crippen molar-refractivity contribution in [1.82, 2.24) is 10.2 Å². The first-order valence-electron chi connectivity index (χ1n) is 8.86. The quantitative estimate of drug-likeness (QED) is 0.866. The minimum Gasteiger partial charge on any atom is -0.339 e. The number of nitrogens with one attached hydrogen (secondary N) is 1. The fourth-order valence-corrected chi connectivity index (χ4v) is 4.48. The molecular weight excluding hydrogens is 284 g/mol. The van der Waals surface area contributed by atoms with Gasteiger partial charge in [0.2, 0.25) is 5.91 Å². The molecule has 0 aromatic carbocycles. The molecule has 2 atom stereocenters. The molecule has 21 heavy (non-hydrogen) atoms. The third-order valence-corrected chi connectivity index (χ3v) is 5.64. The van der Waals surface area contributed by atoms with E-state index in [2.05, 4.69) is 10.2 Å². The summed E-state index contributed by atoms with van der Waals surface area (Å²) >= 11 is 0. The van der Waals surface area contributed by atoms with Gasteiger partial charge in [-0.3, -0.25) is 4.79 Å². The van der Waals surface area contributed by atoms with E-state index in [1.54, 1.807) is 0 Å². The van der Waals surface area contributed by atoms with E-state index < -0.39 is 0 Å². The zero-order valence-corrected chi connectivity index (χ0v) is 14.0. The van der Waals surface area contributed by atoms with E-state index >= 15 is 0 Å². The molecule has 2 aliphatic heterocycles. The highest BCUT2D eigenvalue weighted by Crippen LogP contribution is 2.33. The molecule has 122 valence electrons. The molecule has 4 heteroatoms. The van der Waals surface area contributed by atoms with E-state index in [1.165, 1.54) is 51.4 Å². The van der Waals surface area contributed by atoms with E-state index in [0.29, 0.717) is 11.9 Å². The summed E-state index contributed by atoms with van der Waals surface area (Å²) in [6, 6.07) is 0.563. The lowest BCUT2D eigenvalue weighted by atomic mass is 9.84. The fraction of sp³-hybridized carbons (Fsp3) is 0.941. The van der Waals surface area contributed by atoms with Crippen molar-refractivity contribution in [3.05, 3.63) is 0 Å². The van der Waals surface area contributed by atoms with E-state index in [-0.39, 0.29) is 18.3 Å². The number of likely N-dealkylation sites (tertiary alicyclic amines) is 1. The molecule has 1 N–H and O–H groups in total. The monoisotopic (exact) mass is 314 g/mol. The third kappa shape index (κ3) is 4.35. The number of carbonyl (C=O) groups excluding carboxylic acids is 1. The van der Waals surface area contributed by atoms with Gasteiger partial charge in [-0.1, -0.05) is 32.1 Å². The number of halogens is 1. The van der Waals surface area contributed by atoms with Crippen LogP contribution in [0, 0.1) is 11.8 Å². The van der Waals surface area contributed by atoms with Crippen LogP contribution in [-0.4, -0.2) is 36.5 Å². The highest BCUT2D eigenvalue weighted by molar-refractivity contribution is 5.85. The van der Waals surface area contributed by atoms with Gasteiger partial charge in [-0.15, -0.1) is 12.4 Å². The Hall–Kier alpha value is -0.280. The van der Waals surface area contributed by atoms with E-state index in [1.807, 2.05) is 0 Å². The summed E-state index contributed by atoms with van der Waals surface area (Å²) in [6.07, 6.45) is 13.1. The molecule has 0 spiro atoms. The predicted octanol–water partition coefficient (Wildman–Crippen LogP) is 3.37. The van der Waals surface area contributed by atoms with Crippen molar-refractivity contribution >= 4 is 18.3 Å². The fourth-order valence-electron chi connectivity index (χ4n) is 4.48. The minimum absolute atomic E-state index is 0. The average molecular weight is 315 g/mol. The largest absolute Gasteiger partial charge is 0.339 e. The lowest BCUT2D eigenvalue weighted by molar-refractivity contribution is -0.137. The number of hydrogen-bond donors (Lipinski definition) is 1. The topological polar surface area (TPSA) is 32.3 Å². The Balaban J connectivity index is 0.00000161. The van der Waals surface area contributed by atoms with Crippen molar-refractivity contribution in [2.45, 2.75) is 70.3 Å². The molecule has 0 bridgehead atoms. The highest BCUT2D eigenvalue weighted by atomic mass is 35.5. The molecule has 0 aromatic rings. The van der Waals surface area contributed by atoms with Gasteiger partial charge in [0.05, 0.1) is 5.92 Å². The van der Waals surface area contributed by atoms with Gasteiger partial charge in [0.25, 0.3) is 0 Å². The number of amides is 1. The average Bonchev–Trinajstić information content (AvgIpc) is 2.96. The molecule has 1 amide bonds. The molecule has 2 unspecified atom stereocenters. The van der Waals surface area contributed by atoms with Crippen LogP contribution in [0.25, 0.3) is 0 Å². The van der Waals surface area contributed by atoms with Crippen molar-refractivity contribution in [2.24, 2.45) is 11.8 Å². The molecule has 2 saturated heterocycles. The van der Waals surface area contributed by atoms with Gasteiger partial charge in [-0.2, -0.15) is 0 Å². The number of rotatable bonds is 3. The Morgan fingerprint density at radius 2 is 1.81 bits per heavy atom. The summed E-state index contributed by atoms with van der Waals surface area (Å²) in [5, 5.41) is 3.39. The molecule has 1 saturated carbocycles. The lowest BCUT2D eigenvalue weighted by Crippen LogP contribution is -2.45. The van der Waals surface area contributed by atoms with Crippen LogP contribution < -0.4 is 5.32 Å². The van der Waals surface area contributed by atoms with Gasteiger partial charge in [0, 0.05) is 19.1 Å². The Morgan fingerprint density at radius 3 is 2.52 bits per heavy atom. The van der Waals surface area contributed by atoms with Crippen molar-refractivity contribution in [3.63, 3.8) is 0 Å². The number of nitrogens with zero attached hydrogens (tertiary/aromatic N) is 1. The molecule has 2 heterocycles. The lowest BCUT2D eigenvalue weighted by Gasteiger charge is -2.33. The zero-order chi connectivity index (χ0) is 13.8. The highest BCUT2D eigenvalue weighted by Gasteiger charge is 2.34. The van der Waals surface area contributed by atoms with Crippen LogP contribution in [0.2, 0.25) is 0 Å². The Morgan fingerprint density at radius 1 is 1.00 bits per heavy atom. The van der Waals surface area contributed by atoms with E-state index in [0.717, 1.165) is 38.4 Å². The van der Waals surface area contributed by atoms with Crippen molar-refractivity contribution in [2.75, 3.05) is 19.6 Å². The number of piperidine rings is 1. The Labute approximate surface area is 135 Å². The summed E-state index contributed by atoms with van der Waals surface area (Å²) in [5.74, 6) is 1.61. The molecule has 0 aromatic heterocycles. The first-order chi connectivity index (χ1) is 9.84. The van der Waals surface area contributed by atoms with Crippen LogP contribution in [-0.2, 0) is 4.79 Å². The van der Waals surface area contributed by atoms with Gasteiger partial charge in [0.1, 0.15) is 0 Å². The zero-order valence-electron chi connectivity index (χ0n) is 13.2. The molecule has 3 aliphatic rings. The van der Waals surface area contributed by atoms with Gasteiger partial charge < -0.3 is 10.2 Å². The first kappa shape index (κ1) is 17.1. The Kier molecular flexibility index (Phi) is 6.81. The summed E-state index contributed by atoms with van der Waals surface area (Å²) < 4.78 is 0. The maximum atomic E-state index is 12.7. The second-order valence-electron chi connectivity index (χ2n) is 7.11. The van der Waals surface area contributed by atoms with Crippen molar-refractivity contribution in [1.29, 1.82) is 0 Å². The second-order valence-corrected chi connectivity index (χ2v) is 7.11. The van der Waals surface area contributed by atoms with Crippen molar-refractivity contribution < 1.29 is 4.79 Å². The summed E-state index contributed by atoms with van der Waals surface area (Å²) in [7, 11) is 0. The molecular formula is C17H31ClN2O. The van der Waals surface area contributed by atoms with E-state index in [9.17, 15) is 4.79 Å². The summed E-state index contributed by atoms with van der Waals surface area (Å²) in [4.78, 5) is 15.0. The van der Waals surface area contributed by atoms with Crippen LogP contribution in [0.3, 0.4) is 0 Å². The minimum atomic E-state index is 0. The molecule has 0 radical (unpaired) electrons. The van der Waals surface area contributed by atoms with Crippen LogP contribution in [0.1, 0.15) is 64.2 Å². The van der Waals surface area contributed by atoms with Gasteiger partial charge in [0.15, 0.2) is 0 Å². The van der Waals surface area contributed by atoms with Gasteiger partial charge in [-0.25, -0.2) is 0 Å². The van der Waals surface area contributed by atoms with Crippen LogP contribution >= 0.6 is 12.4 Å². The summed E-state index contributed by atoms with van der Waals surface area (Å²) in [6.45, 7) is 3.02. The van der Waals surface area contributed by atoms with Gasteiger partial charge >= 0.3 is 0 Å². The molecule has 3 fully saturated rings. The number of hydrogen-bond acceptors (Lipinski definition) is 2. The first-order valence-corrected chi connectivity index (χ1v) is 8.86. The van der Waals surface area contributed by atoms with Gasteiger partial charge in [-0.05, 0) is 44.6 Å². The van der Waals surface area contributed by atoms with Crippen LogP contribution in [0.4, 0.5) is 0 Å². The second kappa shape index (κ2) is 8.38. The third-order valence-electron chi connectivity index (χ3n) is 5.64. The summed E-state index contributed by atoms with van der Waals surface area (Å²) in [5.41, 5.74) is 0. The standard InChI is InChI=1S/C17H30N2O.ClH/c20-17(15-8-4-10-18-13-15)19-11-5-9-16(19)12-14-6-2-1-3-7-14;/h14-16,18H,1-13H2;1H. The number of carbonyl (C=O) groups is 1. The smallest absolute Gasteiger partial charge is 0.227 e. The van der Waals surface area contributed by atoms with E-state index in [4.69, 9.17) is 0 Å². The maximum Gasteiger partial charge on any atom is 0.227 e. The van der Waals surface area contributed by atoms with Crippen LogP contribution in [0.5, 0.6) is 0 Å². The van der Waals surface area contributed by atoms with Crippen molar-refractivity contribution in [3.8, 4) is 0 Å². The Bertz CT molecular complexity index is 325. The maximum absolute atomic E-state index is 12.7. The normalized spacial score (nSPS) is 31.0. The molecule has 1 aliphatic carbocycles. The van der Waals surface area contributed by atoms with Crippen LogP contribution in [0.15, 0.2) is 0 Å². The SMILES string of the molecule is Cl.O=C(C1CCCNC1)N1CCCC1CC1CCCCC1. The molecule has 3 rings (SSSR count).